The molecule has 0 radical (unpaired) electrons. The molecule has 0 bridgehead atoms. The summed E-state index contributed by atoms with van der Waals surface area (Å²) < 4.78 is 12.9. The van der Waals surface area contributed by atoms with Gasteiger partial charge in [0.25, 0.3) is 5.91 Å². The molecule has 11 heteroatoms. The van der Waals surface area contributed by atoms with Gasteiger partial charge in [-0.05, 0) is 95.3 Å². The molecule has 1 aliphatic heterocycles. The monoisotopic (exact) mass is 714 g/mol. The van der Waals surface area contributed by atoms with E-state index in [-0.39, 0.29) is 30.2 Å². The topological polar surface area (TPSA) is 92.2 Å². The molecule has 3 rings (SSSR count). The van der Waals surface area contributed by atoms with E-state index in [0.29, 0.717) is 30.2 Å². The van der Waals surface area contributed by atoms with Gasteiger partial charge in [-0.25, -0.2) is 9.78 Å². The lowest BCUT2D eigenvalue weighted by Gasteiger charge is -2.43. The second-order valence-corrected chi connectivity index (χ2v) is 13.0. The molecule has 10 nitrogen and oxygen atoms in total. The molecule has 1 unspecified atom stereocenters. The molecule has 1 aliphatic rings. The fraction of sp³-hybridized carbons (Fsp3) is 0.564. The van der Waals surface area contributed by atoms with Crippen molar-refractivity contribution in [3.63, 3.8) is 0 Å². The van der Waals surface area contributed by atoms with Crippen LogP contribution in [-0.2, 0) is 21.3 Å². The van der Waals surface area contributed by atoms with Crippen molar-refractivity contribution in [2.75, 3.05) is 40.8 Å². The van der Waals surface area contributed by atoms with Crippen molar-refractivity contribution >= 4 is 29.2 Å². The van der Waals surface area contributed by atoms with Crippen LogP contribution in [0.3, 0.4) is 0 Å². The summed E-state index contributed by atoms with van der Waals surface area (Å²) in [5.74, 6) is -0.288. The first-order chi connectivity index (χ1) is 23.6. The van der Waals surface area contributed by atoms with Gasteiger partial charge in [-0.15, -0.1) is 0 Å². The number of hydrogen-bond acceptors (Lipinski definition) is 7. The van der Waals surface area contributed by atoms with Crippen molar-refractivity contribution in [3.05, 3.63) is 83.1 Å². The highest BCUT2D eigenvalue weighted by Gasteiger charge is 2.36. The van der Waals surface area contributed by atoms with Crippen LogP contribution in [0.15, 0.2) is 61.2 Å². The summed E-state index contributed by atoms with van der Waals surface area (Å²) in [5.41, 5.74) is 3.32. The Morgan fingerprint density at radius 1 is 1.14 bits per heavy atom. The van der Waals surface area contributed by atoms with E-state index in [2.05, 4.69) is 60.0 Å². The van der Waals surface area contributed by atoms with E-state index in [4.69, 9.17) is 21.1 Å². The van der Waals surface area contributed by atoms with Gasteiger partial charge in [-0.3, -0.25) is 9.69 Å². The van der Waals surface area contributed by atoms with Crippen LogP contribution in [0.25, 0.3) is 5.57 Å². The molecule has 2 amide bonds. The van der Waals surface area contributed by atoms with E-state index in [1.54, 1.807) is 31.3 Å². The Morgan fingerprint density at radius 3 is 2.30 bits per heavy atom. The van der Waals surface area contributed by atoms with Crippen LogP contribution in [0.2, 0.25) is 5.02 Å². The van der Waals surface area contributed by atoms with Gasteiger partial charge in [0.15, 0.2) is 0 Å². The Hall–Kier alpha value is -3.60. The third-order valence-electron chi connectivity index (χ3n) is 8.57. The van der Waals surface area contributed by atoms with E-state index in [9.17, 15) is 9.59 Å². The summed E-state index contributed by atoms with van der Waals surface area (Å²) in [7, 11) is 7.52. The Bertz CT molecular complexity index is 1450. The van der Waals surface area contributed by atoms with Gasteiger partial charge in [0.05, 0.1) is 42.4 Å². The van der Waals surface area contributed by atoms with E-state index in [0.717, 1.165) is 16.8 Å². The minimum absolute atomic E-state index is 0.0439. The predicted octanol–water partition coefficient (Wildman–Crippen LogP) is 8.04. The van der Waals surface area contributed by atoms with Gasteiger partial charge in [0.1, 0.15) is 5.60 Å². The quantitative estimate of drug-likeness (QED) is 0.212. The van der Waals surface area contributed by atoms with Gasteiger partial charge < -0.3 is 29.2 Å². The van der Waals surface area contributed by atoms with Crippen LogP contribution in [0, 0.1) is 0 Å². The number of nitrogens with one attached hydrogen (secondary N) is 1. The molecule has 0 spiro atoms. The maximum Gasteiger partial charge on any atom is 0.410 e. The highest BCUT2D eigenvalue weighted by Crippen LogP contribution is 2.40. The standard InChI is InChI=1S/C35H51ClN6O4.2C2H6/c1-12-42(34(44)46-23(2)3)19-18-40(9)32(31-24(4)14-13-17-39(31)8)27-16-15-26(36)20-28(27)25(5)30(29-21-37-22-41(29)10)38-33(43)35(6,7)45-11;2*1-2/h13-17,20-23,30-32H,5,12,18-19H2,1-4,6-11H3,(H,38,43);2*1-2H3/t30-,31?,32+;;/m1../s1. The first kappa shape index (κ1) is 44.4. The third-order valence-corrected chi connectivity index (χ3v) is 8.80. The number of ether oxygens (including phenoxy) is 2. The molecular weight excluding hydrogens is 652 g/mol. The van der Waals surface area contributed by atoms with Gasteiger partial charge in [0.2, 0.25) is 0 Å². The molecule has 3 atom stereocenters. The molecule has 50 heavy (non-hydrogen) atoms. The SMILES string of the molecule is C=C(c1cc(Cl)ccc1[C@@H](C1C(C)=CC=CN1C)N(C)CCN(CC)C(=O)OC(C)C)[C@@H](NC(=O)C(C)(C)OC)c1cncn1C.CC.CC. The maximum absolute atomic E-state index is 13.5. The van der Waals surface area contributed by atoms with Crippen LogP contribution in [-0.4, -0.2) is 94.8 Å². The molecule has 1 aromatic carbocycles. The number of aromatic nitrogens is 2. The minimum Gasteiger partial charge on any atom is -0.447 e. The molecule has 2 heterocycles. The second kappa shape index (κ2) is 20.9. The van der Waals surface area contributed by atoms with Crippen molar-refractivity contribution in [3.8, 4) is 0 Å². The largest absolute Gasteiger partial charge is 0.447 e. The summed E-state index contributed by atoms with van der Waals surface area (Å²) in [4.78, 5) is 36.8. The van der Waals surface area contributed by atoms with Crippen molar-refractivity contribution < 1.29 is 19.1 Å². The zero-order chi connectivity index (χ0) is 38.3. The zero-order valence-electron chi connectivity index (χ0n) is 33.0. The predicted molar refractivity (Wildman–Crippen MR) is 207 cm³/mol. The Labute approximate surface area is 307 Å². The lowest BCUT2D eigenvalue weighted by Crippen LogP contribution is -2.47. The summed E-state index contributed by atoms with van der Waals surface area (Å²) in [6.07, 6.45) is 9.12. The average molecular weight is 715 g/mol. The van der Waals surface area contributed by atoms with Crippen LogP contribution < -0.4 is 5.32 Å². The summed E-state index contributed by atoms with van der Waals surface area (Å²) in [5, 5.41) is 3.71. The third kappa shape index (κ3) is 11.5. The van der Waals surface area contributed by atoms with Gasteiger partial charge in [-0.1, -0.05) is 58.0 Å². The number of imidazole rings is 1. The van der Waals surface area contributed by atoms with Gasteiger partial charge in [0, 0.05) is 45.9 Å². The number of benzene rings is 1. The van der Waals surface area contributed by atoms with Crippen molar-refractivity contribution in [1.82, 2.24) is 29.6 Å². The number of rotatable bonds is 14. The lowest BCUT2D eigenvalue weighted by atomic mass is 9.84. The number of carbonyl (C=O) groups excluding carboxylic acids is 2. The first-order valence-electron chi connectivity index (χ1n) is 17.7. The smallest absolute Gasteiger partial charge is 0.410 e. The summed E-state index contributed by atoms with van der Waals surface area (Å²) in [6.45, 7) is 25.4. The molecular formula is C39H63ClN6O4. The minimum atomic E-state index is -1.07. The van der Waals surface area contributed by atoms with E-state index >= 15 is 0 Å². The van der Waals surface area contributed by atoms with E-state index in [1.807, 2.05) is 84.4 Å². The summed E-state index contributed by atoms with van der Waals surface area (Å²) >= 11 is 6.68. The number of carbonyl (C=O) groups is 2. The number of nitrogens with zero attached hydrogens (tertiary/aromatic N) is 5. The van der Waals surface area contributed by atoms with Crippen LogP contribution in [0.4, 0.5) is 4.79 Å². The van der Waals surface area contributed by atoms with Gasteiger partial charge in [-0.2, -0.15) is 0 Å². The van der Waals surface area contributed by atoms with Crippen LogP contribution >= 0.6 is 11.6 Å². The van der Waals surface area contributed by atoms with Crippen molar-refractivity contribution in [2.24, 2.45) is 7.05 Å². The number of methoxy groups -OCH3 is 1. The van der Waals surface area contributed by atoms with E-state index < -0.39 is 11.6 Å². The molecule has 1 N–H and O–H groups in total. The molecule has 1 aromatic heterocycles. The fourth-order valence-electron chi connectivity index (χ4n) is 5.64. The van der Waals surface area contributed by atoms with E-state index in [1.165, 1.54) is 12.7 Å². The number of amides is 2. The second-order valence-electron chi connectivity index (χ2n) is 12.6. The molecule has 280 valence electrons. The van der Waals surface area contributed by atoms with Crippen molar-refractivity contribution in [1.29, 1.82) is 0 Å². The molecule has 0 saturated heterocycles. The summed E-state index contributed by atoms with van der Waals surface area (Å²) in [6, 6.07) is 4.98. The lowest BCUT2D eigenvalue weighted by molar-refractivity contribution is -0.140. The highest BCUT2D eigenvalue weighted by atomic mass is 35.5. The number of hydrogen-bond donors (Lipinski definition) is 1. The molecule has 0 aliphatic carbocycles. The zero-order valence-corrected chi connectivity index (χ0v) is 33.8. The Balaban J connectivity index is 0.00000301. The van der Waals surface area contributed by atoms with Gasteiger partial charge >= 0.3 is 6.09 Å². The number of likely N-dealkylation sites (N-methyl/N-ethyl adjacent to an activating group) is 3. The normalized spacial score (nSPS) is 15.3. The fourth-order valence-corrected chi connectivity index (χ4v) is 5.81. The van der Waals surface area contributed by atoms with Crippen molar-refractivity contribution in [2.45, 2.75) is 99.1 Å². The number of halogens is 1. The number of aryl methyl sites for hydroxylation is 1. The highest BCUT2D eigenvalue weighted by molar-refractivity contribution is 6.30. The maximum atomic E-state index is 13.5. The number of allylic oxidation sites excluding steroid dienone is 2. The van der Waals surface area contributed by atoms with Crippen LogP contribution in [0.1, 0.15) is 98.1 Å². The molecule has 0 saturated carbocycles. The van der Waals surface area contributed by atoms with Crippen LogP contribution in [0.5, 0.6) is 0 Å². The molecule has 2 aromatic rings. The first-order valence-corrected chi connectivity index (χ1v) is 18.0. The molecule has 0 fully saturated rings. The average Bonchev–Trinajstić information content (AvgIpc) is 3.51. The Kier molecular flexibility index (Phi) is 18.6. The Morgan fingerprint density at radius 2 is 1.78 bits per heavy atom.